The standard InChI is InChI=1S/C17H16ClN3/c1-3-4-14-16(19-10-20-17(14)18)13-7-8-15-12(9-13)6-5-11(2)21-15/h5-10H,3-4H2,1-2H3. The molecule has 0 saturated carbocycles. The summed E-state index contributed by atoms with van der Waals surface area (Å²) in [6.45, 7) is 4.12. The van der Waals surface area contributed by atoms with Crippen LogP contribution in [0.3, 0.4) is 0 Å². The van der Waals surface area contributed by atoms with E-state index in [9.17, 15) is 0 Å². The minimum absolute atomic E-state index is 0.545. The maximum atomic E-state index is 6.23. The third kappa shape index (κ3) is 2.74. The molecular formula is C17H16ClN3. The van der Waals surface area contributed by atoms with Gasteiger partial charge in [0, 0.05) is 22.2 Å². The molecule has 0 bridgehead atoms. The molecule has 0 aliphatic carbocycles. The summed E-state index contributed by atoms with van der Waals surface area (Å²) in [4.78, 5) is 13.1. The molecule has 3 rings (SSSR count). The molecule has 0 radical (unpaired) electrons. The summed E-state index contributed by atoms with van der Waals surface area (Å²) in [6, 6.07) is 10.3. The van der Waals surface area contributed by atoms with Crippen molar-refractivity contribution in [2.45, 2.75) is 26.7 Å². The first-order valence-corrected chi connectivity index (χ1v) is 7.44. The van der Waals surface area contributed by atoms with Crippen LogP contribution >= 0.6 is 11.6 Å². The molecule has 0 saturated heterocycles. The Morgan fingerprint density at radius 1 is 1.10 bits per heavy atom. The summed E-state index contributed by atoms with van der Waals surface area (Å²) in [5, 5.41) is 1.65. The van der Waals surface area contributed by atoms with Gasteiger partial charge in [0.1, 0.15) is 11.5 Å². The van der Waals surface area contributed by atoms with E-state index in [1.807, 2.05) is 25.1 Å². The minimum Gasteiger partial charge on any atom is -0.253 e. The minimum atomic E-state index is 0.545. The van der Waals surface area contributed by atoms with Crippen LogP contribution in [-0.4, -0.2) is 15.0 Å². The second-order valence-corrected chi connectivity index (χ2v) is 5.46. The average molecular weight is 298 g/mol. The highest BCUT2D eigenvalue weighted by Crippen LogP contribution is 2.28. The van der Waals surface area contributed by atoms with Gasteiger partial charge in [0.2, 0.25) is 0 Å². The van der Waals surface area contributed by atoms with Gasteiger partial charge < -0.3 is 0 Å². The van der Waals surface area contributed by atoms with Crippen LogP contribution in [0.5, 0.6) is 0 Å². The number of aromatic nitrogens is 3. The van der Waals surface area contributed by atoms with Crippen molar-refractivity contribution in [2.24, 2.45) is 0 Å². The van der Waals surface area contributed by atoms with Crippen LogP contribution in [-0.2, 0) is 6.42 Å². The Hall–Kier alpha value is -2.00. The van der Waals surface area contributed by atoms with Crippen LogP contribution in [0.25, 0.3) is 22.2 Å². The topological polar surface area (TPSA) is 38.7 Å². The third-order valence-corrected chi connectivity index (χ3v) is 3.82. The highest BCUT2D eigenvalue weighted by atomic mass is 35.5. The number of hydrogen-bond acceptors (Lipinski definition) is 3. The molecule has 4 heteroatoms. The van der Waals surface area contributed by atoms with Crippen LogP contribution in [0.1, 0.15) is 24.6 Å². The molecule has 106 valence electrons. The van der Waals surface area contributed by atoms with Gasteiger partial charge in [-0.25, -0.2) is 9.97 Å². The van der Waals surface area contributed by atoms with Gasteiger partial charge in [-0.1, -0.05) is 37.1 Å². The van der Waals surface area contributed by atoms with E-state index in [-0.39, 0.29) is 0 Å². The molecule has 2 heterocycles. The largest absolute Gasteiger partial charge is 0.253 e. The van der Waals surface area contributed by atoms with Crippen molar-refractivity contribution in [1.29, 1.82) is 0 Å². The van der Waals surface area contributed by atoms with Crippen molar-refractivity contribution in [3.8, 4) is 11.3 Å². The second kappa shape index (κ2) is 5.78. The van der Waals surface area contributed by atoms with Crippen LogP contribution in [0.2, 0.25) is 5.15 Å². The zero-order valence-corrected chi connectivity index (χ0v) is 12.9. The first-order valence-electron chi connectivity index (χ1n) is 7.06. The van der Waals surface area contributed by atoms with E-state index in [2.05, 4.69) is 34.0 Å². The Kier molecular flexibility index (Phi) is 3.84. The Morgan fingerprint density at radius 3 is 2.76 bits per heavy atom. The molecule has 1 aromatic carbocycles. The van der Waals surface area contributed by atoms with Crippen LogP contribution in [0.15, 0.2) is 36.7 Å². The summed E-state index contributed by atoms with van der Waals surface area (Å²) >= 11 is 6.23. The van der Waals surface area contributed by atoms with Gasteiger partial charge >= 0.3 is 0 Å². The van der Waals surface area contributed by atoms with E-state index in [0.29, 0.717) is 5.15 Å². The highest BCUT2D eigenvalue weighted by molar-refractivity contribution is 6.30. The van der Waals surface area contributed by atoms with Gasteiger partial charge in [-0.2, -0.15) is 0 Å². The fourth-order valence-electron chi connectivity index (χ4n) is 2.49. The lowest BCUT2D eigenvalue weighted by Crippen LogP contribution is -1.97. The molecule has 0 aliphatic heterocycles. The molecule has 0 atom stereocenters. The molecular weight excluding hydrogens is 282 g/mol. The van der Waals surface area contributed by atoms with E-state index < -0.39 is 0 Å². The summed E-state index contributed by atoms with van der Waals surface area (Å²) in [6.07, 6.45) is 3.40. The van der Waals surface area contributed by atoms with E-state index >= 15 is 0 Å². The Balaban J connectivity index is 2.16. The monoisotopic (exact) mass is 297 g/mol. The second-order valence-electron chi connectivity index (χ2n) is 5.10. The van der Waals surface area contributed by atoms with Crippen molar-refractivity contribution in [3.05, 3.63) is 53.1 Å². The summed E-state index contributed by atoms with van der Waals surface area (Å²) < 4.78 is 0. The number of fused-ring (bicyclic) bond motifs is 1. The van der Waals surface area contributed by atoms with Crippen molar-refractivity contribution in [1.82, 2.24) is 15.0 Å². The molecule has 0 unspecified atom stereocenters. The molecule has 3 aromatic rings. The lowest BCUT2D eigenvalue weighted by Gasteiger charge is -2.10. The van der Waals surface area contributed by atoms with Crippen LogP contribution in [0.4, 0.5) is 0 Å². The lowest BCUT2D eigenvalue weighted by molar-refractivity contribution is 0.904. The third-order valence-electron chi connectivity index (χ3n) is 3.49. The maximum Gasteiger partial charge on any atom is 0.136 e. The van der Waals surface area contributed by atoms with Crippen molar-refractivity contribution in [3.63, 3.8) is 0 Å². The fraction of sp³-hybridized carbons (Fsp3) is 0.235. The molecule has 0 fully saturated rings. The number of aryl methyl sites for hydroxylation is 1. The normalized spacial score (nSPS) is 11.0. The molecule has 0 N–H and O–H groups in total. The quantitative estimate of drug-likeness (QED) is 0.663. The predicted molar refractivity (Wildman–Crippen MR) is 86.5 cm³/mol. The highest BCUT2D eigenvalue weighted by Gasteiger charge is 2.11. The van der Waals surface area contributed by atoms with Crippen molar-refractivity contribution < 1.29 is 0 Å². The number of halogens is 1. The van der Waals surface area contributed by atoms with Gasteiger partial charge in [0.25, 0.3) is 0 Å². The summed E-state index contributed by atoms with van der Waals surface area (Å²) in [7, 11) is 0. The zero-order chi connectivity index (χ0) is 14.8. The van der Waals surface area contributed by atoms with E-state index in [4.69, 9.17) is 11.6 Å². The Labute approximate surface area is 129 Å². The van der Waals surface area contributed by atoms with Gasteiger partial charge in [-0.3, -0.25) is 4.98 Å². The number of hydrogen-bond donors (Lipinski definition) is 0. The van der Waals surface area contributed by atoms with Gasteiger partial charge in [0.15, 0.2) is 0 Å². The number of rotatable bonds is 3. The average Bonchev–Trinajstić information content (AvgIpc) is 2.49. The van der Waals surface area contributed by atoms with Crippen LogP contribution in [0, 0.1) is 6.92 Å². The Bertz CT molecular complexity index is 799. The van der Waals surface area contributed by atoms with Gasteiger partial charge in [-0.05, 0) is 31.5 Å². The van der Waals surface area contributed by atoms with Gasteiger partial charge in [-0.15, -0.1) is 0 Å². The number of pyridine rings is 1. The zero-order valence-electron chi connectivity index (χ0n) is 12.1. The molecule has 3 nitrogen and oxygen atoms in total. The van der Waals surface area contributed by atoms with Gasteiger partial charge in [0.05, 0.1) is 11.2 Å². The molecule has 0 aliphatic rings. The predicted octanol–water partition coefficient (Wildman–Crippen LogP) is 4.61. The molecule has 0 amide bonds. The van der Waals surface area contributed by atoms with E-state index in [1.54, 1.807) is 0 Å². The van der Waals surface area contributed by atoms with Crippen molar-refractivity contribution in [2.75, 3.05) is 0 Å². The first-order chi connectivity index (χ1) is 10.2. The van der Waals surface area contributed by atoms with Crippen LogP contribution < -0.4 is 0 Å². The molecule has 2 aromatic heterocycles. The van der Waals surface area contributed by atoms with E-state index in [0.717, 1.165) is 46.3 Å². The smallest absolute Gasteiger partial charge is 0.136 e. The number of nitrogens with zero attached hydrogens (tertiary/aromatic N) is 3. The summed E-state index contributed by atoms with van der Waals surface area (Å²) in [5.74, 6) is 0. The SMILES string of the molecule is CCCc1c(Cl)ncnc1-c1ccc2nc(C)ccc2c1. The van der Waals surface area contributed by atoms with E-state index in [1.165, 1.54) is 6.33 Å². The first kappa shape index (κ1) is 14.0. The summed E-state index contributed by atoms with van der Waals surface area (Å²) in [5.41, 5.74) is 5.00. The number of benzene rings is 1. The Morgan fingerprint density at radius 2 is 1.95 bits per heavy atom. The fourth-order valence-corrected chi connectivity index (χ4v) is 2.71. The maximum absolute atomic E-state index is 6.23. The van der Waals surface area contributed by atoms with Crippen molar-refractivity contribution >= 4 is 22.5 Å². The lowest BCUT2D eigenvalue weighted by atomic mass is 10.0. The molecule has 0 spiro atoms. The molecule has 21 heavy (non-hydrogen) atoms.